The predicted octanol–water partition coefficient (Wildman–Crippen LogP) is 3.54. The van der Waals surface area contributed by atoms with Gasteiger partial charge in [0.15, 0.2) is 5.78 Å². The van der Waals surface area contributed by atoms with E-state index >= 15 is 0 Å². The molecule has 1 aliphatic rings. The molecule has 2 rings (SSSR count). The maximum atomic E-state index is 11.6. The van der Waals surface area contributed by atoms with Crippen molar-refractivity contribution in [3.05, 3.63) is 28.8 Å². The third-order valence-corrected chi connectivity index (χ3v) is 3.80. The molecule has 0 saturated carbocycles. The van der Waals surface area contributed by atoms with Crippen LogP contribution in [0, 0.1) is 0 Å². The van der Waals surface area contributed by atoms with Gasteiger partial charge in [-0.1, -0.05) is 26.8 Å². The molecule has 0 saturated heterocycles. The molecular formula is C15H21NO. The van der Waals surface area contributed by atoms with E-state index < -0.39 is 0 Å². The molecule has 2 heteroatoms. The Balaban J connectivity index is 2.61. The number of rotatable bonds is 2. The zero-order valence-electron chi connectivity index (χ0n) is 11.2. The van der Waals surface area contributed by atoms with Gasteiger partial charge >= 0.3 is 0 Å². The van der Waals surface area contributed by atoms with Crippen molar-refractivity contribution in [1.82, 2.24) is 0 Å². The van der Waals surface area contributed by atoms with Crippen molar-refractivity contribution >= 4 is 11.5 Å². The number of ketones is 1. The summed E-state index contributed by atoms with van der Waals surface area (Å²) >= 11 is 0. The lowest BCUT2D eigenvalue weighted by Gasteiger charge is -2.34. The van der Waals surface area contributed by atoms with Crippen LogP contribution in [-0.4, -0.2) is 12.3 Å². The van der Waals surface area contributed by atoms with Gasteiger partial charge in [-0.2, -0.15) is 0 Å². The van der Waals surface area contributed by atoms with Crippen LogP contribution in [0.1, 0.15) is 55.6 Å². The molecule has 0 unspecified atom stereocenters. The third kappa shape index (κ3) is 2.08. The number of fused-ring (bicyclic) bond motifs is 1. The van der Waals surface area contributed by atoms with Crippen LogP contribution >= 0.6 is 0 Å². The fraction of sp³-hybridized carbons (Fsp3) is 0.533. The second-order valence-corrected chi connectivity index (χ2v) is 5.53. The molecule has 2 nitrogen and oxygen atoms in total. The van der Waals surface area contributed by atoms with Crippen LogP contribution in [0.15, 0.2) is 12.1 Å². The molecule has 92 valence electrons. The number of nitrogens with one attached hydrogen (secondary N) is 1. The quantitative estimate of drug-likeness (QED) is 0.789. The second kappa shape index (κ2) is 4.17. The summed E-state index contributed by atoms with van der Waals surface area (Å²) in [6.45, 7) is 9.30. The van der Waals surface area contributed by atoms with Crippen LogP contribution in [-0.2, 0) is 11.8 Å². The average Bonchev–Trinajstić information content (AvgIpc) is 2.27. The van der Waals surface area contributed by atoms with Crippen LogP contribution in [0.25, 0.3) is 0 Å². The summed E-state index contributed by atoms with van der Waals surface area (Å²) in [5.41, 5.74) is 4.75. The van der Waals surface area contributed by atoms with Crippen molar-refractivity contribution < 1.29 is 4.79 Å². The van der Waals surface area contributed by atoms with E-state index in [-0.39, 0.29) is 11.2 Å². The number of anilines is 1. The first-order chi connectivity index (χ1) is 7.95. The minimum absolute atomic E-state index is 0.162. The Hall–Kier alpha value is -1.31. The van der Waals surface area contributed by atoms with E-state index in [0.29, 0.717) is 0 Å². The number of Topliss-reactive ketones (excluding diaryl/α,β-unsaturated/α-hetero) is 1. The maximum absolute atomic E-state index is 11.6. The van der Waals surface area contributed by atoms with Crippen molar-refractivity contribution in [2.75, 3.05) is 11.9 Å². The molecule has 0 spiro atoms. The first-order valence-electron chi connectivity index (χ1n) is 6.38. The van der Waals surface area contributed by atoms with Gasteiger partial charge in [0.05, 0.1) is 0 Å². The zero-order chi connectivity index (χ0) is 12.6. The fourth-order valence-electron chi connectivity index (χ4n) is 2.62. The van der Waals surface area contributed by atoms with E-state index in [1.807, 2.05) is 6.07 Å². The molecule has 0 aromatic heterocycles. The summed E-state index contributed by atoms with van der Waals surface area (Å²) in [7, 11) is 0. The molecule has 0 radical (unpaired) electrons. The molecule has 1 aromatic rings. The molecule has 17 heavy (non-hydrogen) atoms. The highest BCUT2D eigenvalue weighted by Gasteiger charge is 2.28. The van der Waals surface area contributed by atoms with E-state index in [9.17, 15) is 4.79 Å². The smallest absolute Gasteiger partial charge is 0.160 e. The molecule has 1 heterocycles. The molecule has 1 aromatic carbocycles. The van der Waals surface area contributed by atoms with Crippen molar-refractivity contribution in [3.8, 4) is 0 Å². The molecule has 0 fully saturated rings. The molecule has 0 atom stereocenters. The van der Waals surface area contributed by atoms with Gasteiger partial charge in [-0.15, -0.1) is 0 Å². The topological polar surface area (TPSA) is 29.1 Å². The summed E-state index contributed by atoms with van der Waals surface area (Å²) in [5, 5.41) is 3.41. The summed E-state index contributed by atoms with van der Waals surface area (Å²) in [4.78, 5) is 11.6. The number of carbonyl (C=O) groups excluding carboxylic acids is 1. The average molecular weight is 231 g/mol. The van der Waals surface area contributed by atoms with Crippen molar-refractivity contribution in [1.29, 1.82) is 0 Å². The lowest BCUT2D eigenvalue weighted by atomic mass is 9.76. The Morgan fingerprint density at radius 1 is 1.41 bits per heavy atom. The molecule has 0 aliphatic carbocycles. The molecule has 0 amide bonds. The van der Waals surface area contributed by atoms with Crippen molar-refractivity contribution in [2.24, 2.45) is 0 Å². The minimum atomic E-state index is 0.162. The first-order valence-corrected chi connectivity index (χ1v) is 6.38. The van der Waals surface area contributed by atoms with Gasteiger partial charge in [0.25, 0.3) is 0 Å². The summed E-state index contributed by atoms with van der Waals surface area (Å²) < 4.78 is 0. The largest absolute Gasteiger partial charge is 0.385 e. The van der Waals surface area contributed by atoms with E-state index in [4.69, 9.17) is 0 Å². The SMILES string of the molecule is CCc1cc2c(cc1C(C)=O)NCCC2(C)C. The Morgan fingerprint density at radius 2 is 2.12 bits per heavy atom. The number of carbonyl (C=O) groups is 1. The second-order valence-electron chi connectivity index (χ2n) is 5.53. The van der Waals surface area contributed by atoms with Gasteiger partial charge in [0.1, 0.15) is 0 Å². The van der Waals surface area contributed by atoms with Crippen molar-refractivity contribution in [3.63, 3.8) is 0 Å². The monoisotopic (exact) mass is 231 g/mol. The Labute approximate surface area is 103 Å². The Bertz CT molecular complexity index is 460. The molecule has 0 bridgehead atoms. The van der Waals surface area contributed by atoms with Crippen LogP contribution in [0.4, 0.5) is 5.69 Å². The van der Waals surface area contributed by atoms with Gasteiger partial charge in [0, 0.05) is 17.8 Å². The Kier molecular flexibility index (Phi) is 2.98. The van der Waals surface area contributed by atoms with Crippen molar-refractivity contribution in [2.45, 2.75) is 46.0 Å². The van der Waals surface area contributed by atoms with Gasteiger partial charge < -0.3 is 5.32 Å². The van der Waals surface area contributed by atoms with Crippen LogP contribution in [0.2, 0.25) is 0 Å². The number of hydrogen-bond acceptors (Lipinski definition) is 2. The summed E-state index contributed by atoms with van der Waals surface area (Å²) in [6, 6.07) is 4.26. The molecule has 1 N–H and O–H groups in total. The summed E-state index contributed by atoms with van der Waals surface area (Å²) in [5.74, 6) is 0.162. The maximum Gasteiger partial charge on any atom is 0.160 e. The molecular weight excluding hydrogens is 210 g/mol. The van der Waals surface area contributed by atoms with Gasteiger partial charge in [-0.05, 0) is 42.4 Å². The molecule has 1 aliphatic heterocycles. The number of aryl methyl sites for hydroxylation is 1. The van der Waals surface area contributed by atoms with E-state index in [1.54, 1.807) is 6.92 Å². The standard InChI is InChI=1S/C15H21NO/c1-5-11-8-13-14(9-12(11)10(2)17)16-7-6-15(13,3)4/h8-9,16H,5-7H2,1-4H3. The Morgan fingerprint density at radius 3 is 2.71 bits per heavy atom. The predicted molar refractivity (Wildman–Crippen MR) is 72.0 cm³/mol. The highest BCUT2D eigenvalue weighted by molar-refractivity contribution is 5.97. The van der Waals surface area contributed by atoms with Crippen LogP contribution in [0.5, 0.6) is 0 Å². The van der Waals surface area contributed by atoms with Gasteiger partial charge in [0.2, 0.25) is 0 Å². The van der Waals surface area contributed by atoms with E-state index in [1.165, 1.54) is 11.1 Å². The normalized spacial score (nSPS) is 17.2. The van der Waals surface area contributed by atoms with Crippen LogP contribution < -0.4 is 5.32 Å². The number of hydrogen-bond donors (Lipinski definition) is 1. The first kappa shape index (κ1) is 12.2. The highest BCUT2D eigenvalue weighted by Crippen LogP contribution is 2.38. The highest BCUT2D eigenvalue weighted by atomic mass is 16.1. The number of benzene rings is 1. The minimum Gasteiger partial charge on any atom is -0.385 e. The lowest BCUT2D eigenvalue weighted by Crippen LogP contribution is -2.28. The zero-order valence-corrected chi connectivity index (χ0v) is 11.2. The van der Waals surface area contributed by atoms with Gasteiger partial charge in [-0.25, -0.2) is 0 Å². The van der Waals surface area contributed by atoms with Gasteiger partial charge in [-0.3, -0.25) is 4.79 Å². The van der Waals surface area contributed by atoms with Crippen LogP contribution in [0.3, 0.4) is 0 Å². The lowest BCUT2D eigenvalue weighted by molar-refractivity contribution is 0.101. The van der Waals surface area contributed by atoms with E-state index in [2.05, 4.69) is 32.2 Å². The summed E-state index contributed by atoms with van der Waals surface area (Å²) in [6.07, 6.45) is 2.06. The third-order valence-electron chi connectivity index (χ3n) is 3.80. The fourth-order valence-corrected chi connectivity index (χ4v) is 2.62. The van der Waals surface area contributed by atoms with E-state index in [0.717, 1.165) is 30.6 Å².